The van der Waals surface area contributed by atoms with Crippen molar-refractivity contribution in [2.75, 3.05) is 5.32 Å². The predicted molar refractivity (Wildman–Crippen MR) is 121 cm³/mol. The number of hydrogen-bond acceptors (Lipinski definition) is 2. The number of fused-ring (bicyclic) bond motifs is 3. The first kappa shape index (κ1) is 21.4. The Morgan fingerprint density at radius 1 is 1.03 bits per heavy atom. The highest BCUT2D eigenvalue weighted by molar-refractivity contribution is 6.13. The van der Waals surface area contributed by atoms with E-state index in [9.17, 15) is 18.4 Å². The molecule has 0 saturated carbocycles. The maximum absolute atomic E-state index is 13.0. The van der Waals surface area contributed by atoms with E-state index in [-0.39, 0.29) is 11.5 Å². The van der Waals surface area contributed by atoms with Crippen LogP contribution >= 0.6 is 0 Å². The van der Waals surface area contributed by atoms with E-state index in [2.05, 4.69) is 22.9 Å². The van der Waals surface area contributed by atoms with Crippen LogP contribution in [0.25, 0.3) is 21.8 Å². The van der Waals surface area contributed by atoms with Crippen molar-refractivity contribution in [2.24, 2.45) is 0 Å². The molecular formula is C25H21F3N4. The second-order valence-corrected chi connectivity index (χ2v) is 7.66. The molecule has 1 heterocycles. The molecular weight excluding hydrogens is 413 g/mol. The van der Waals surface area contributed by atoms with Gasteiger partial charge in [-0.25, -0.2) is 0 Å². The smallest absolute Gasteiger partial charge is 0.340 e. The fourth-order valence-corrected chi connectivity index (χ4v) is 3.88. The molecule has 162 valence electrons. The van der Waals surface area contributed by atoms with Crippen LogP contribution in [0, 0.1) is 16.7 Å². The van der Waals surface area contributed by atoms with Crippen molar-refractivity contribution in [1.29, 1.82) is 10.7 Å². The van der Waals surface area contributed by atoms with E-state index in [0.717, 1.165) is 53.3 Å². The minimum atomic E-state index is -4.45. The molecule has 4 rings (SSSR count). The van der Waals surface area contributed by atoms with Gasteiger partial charge >= 0.3 is 6.18 Å². The normalized spacial score (nSPS) is 11.6. The average Bonchev–Trinajstić information content (AvgIpc) is 3.09. The Hall–Kier alpha value is -3.79. The molecule has 0 amide bonds. The lowest BCUT2D eigenvalue weighted by atomic mass is 10.1. The first-order chi connectivity index (χ1) is 15.3. The summed E-state index contributed by atoms with van der Waals surface area (Å²) in [6.07, 6.45) is -2.40. The number of halogens is 3. The van der Waals surface area contributed by atoms with Crippen LogP contribution in [0.15, 0.2) is 60.7 Å². The largest absolute Gasteiger partial charge is 0.416 e. The number of rotatable bonds is 5. The topological polar surface area (TPSA) is 64.6 Å². The number of aromatic nitrogens is 1. The summed E-state index contributed by atoms with van der Waals surface area (Å²) < 4.78 is 41.2. The van der Waals surface area contributed by atoms with Gasteiger partial charge in [0.1, 0.15) is 5.84 Å². The molecule has 0 saturated heterocycles. The Morgan fingerprint density at radius 2 is 1.75 bits per heavy atom. The van der Waals surface area contributed by atoms with Gasteiger partial charge in [-0.05, 0) is 61.0 Å². The van der Waals surface area contributed by atoms with E-state index < -0.39 is 11.7 Å². The summed E-state index contributed by atoms with van der Waals surface area (Å²) in [5.41, 5.74) is 2.54. The van der Waals surface area contributed by atoms with Crippen LogP contribution in [-0.4, -0.2) is 10.4 Å². The Morgan fingerprint density at radius 3 is 2.44 bits per heavy atom. The van der Waals surface area contributed by atoms with Crippen LogP contribution in [-0.2, 0) is 12.7 Å². The van der Waals surface area contributed by atoms with Crippen molar-refractivity contribution in [3.63, 3.8) is 0 Å². The number of aryl methyl sites for hydroxylation is 1. The van der Waals surface area contributed by atoms with E-state index >= 15 is 0 Å². The van der Waals surface area contributed by atoms with Gasteiger partial charge in [-0.1, -0.05) is 19.4 Å². The molecule has 4 aromatic rings. The van der Waals surface area contributed by atoms with Crippen molar-refractivity contribution in [3.8, 4) is 6.07 Å². The maximum atomic E-state index is 13.0. The van der Waals surface area contributed by atoms with E-state index in [1.165, 1.54) is 12.1 Å². The van der Waals surface area contributed by atoms with Crippen molar-refractivity contribution in [1.82, 2.24) is 4.57 Å². The minimum Gasteiger partial charge on any atom is -0.340 e. The fraction of sp³-hybridized carbons (Fsp3) is 0.200. The quantitative estimate of drug-likeness (QED) is 0.264. The van der Waals surface area contributed by atoms with Gasteiger partial charge in [0.25, 0.3) is 0 Å². The number of benzene rings is 3. The number of nitrogens with zero attached hydrogens (tertiary/aromatic N) is 2. The van der Waals surface area contributed by atoms with Crippen LogP contribution in [0.2, 0.25) is 0 Å². The molecule has 2 N–H and O–H groups in total. The second-order valence-electron chi connectivity index (χ2n) is 7.66. The zero-order chi connectivity index (χ0) is 22.9. The molecule has 0 atom stereocenters. The van der Waals surface area contributed by atoms with Crippen molar-refractivity contribution in [2.45, 2.75) is 32.5 Å². The average molecular weight is 434 g/mol. The summed E-state index contributed by atoms with van der Waals surface area (Å²) >= 11 is 0. The first-order valence-electron chi connectivity index (χ1n) is 10.3. The number of amidine groups is 1. The zero-order valence-electron chi connectivity index (χ0n) is 17.4. The third kappa shape index (κ3) is 4.04. The van der Waals surface area contributed by atoms with E-state index in [1.807, 2.05) is 24.3 Å². The number of unbranched alkanes of at least 4 members (excludes halogenated alkanes) is 1. The molecule has 0 aliphatic heterocycles. The van der Waals surface area contributed by atoms with Gasteiger partial charge in [-0.2, -0.15) is 18.4 Å². The highest BCUT2D eigenvalue weighted by atomic mass is 19.4. The SMILES string of the molecule is CCCCn1c2ccc(C#N)cc2c2cc(C(=N)Nc3cccc(C(F)(F)F)c3)ccc21. The van der Waals surface area contributed by atoms with Gasteiger partial charge < -0.3 is 9.88 Å². The number of hydrogen-bond donors (Lipinski definition) is 2. The van der Waals surface area contributed by atoms with Gasteiger partial charge in [-0.3, -0.25) is 5.41 Å². The number of nitrogens with one attached hydrogen (secondary N) is 2. The summed E-state index contributed by atoms with van der Waals surface area (Å²) in [5.74, 6) is -0.00267. The van der Waals surface area contributed by atoms with Crippen LogP contribution < -0.4 is 5.32 Å². The third-order valence-corrected chi connectivity index (χ3v) is 5.48. The molecule has 0 aliphatic rings. The Bertz CT molecular complexity index is 1360. The lowest BCUT2D eigenvalue weighted by Gasteiger charge is -2.12. The number of alkyl halides is 3. The molecule has 0 fully saturated rings. The van der Waals surface area contributed by atoms with E-state index in [4.69, 9.17) is 5.41 Å². The maximum Gasteiger partial charge on any atom is 0.416 e. The predicted octanol–water partition coefficient (Wildman–Crippen LogP) is 6.92. The molecule has 0 radical (unpaired) electrons. The number of nitriles is 1. The lowest BCUT2D eigenvalue weighted by Crippen LogP contribution is -2.13. The summed E-state index contributed by atoms with van der Waals surface area (Å²) in [6, 6.07) is 18.1. The van der Waals surface area contributed by atoms with Crippen LogP contribution in [0.4, 0.5) is 18.9 Å². The Balaban J connectivity index is 1.75. The van der Waals surface area contributed by atoms with Gasteiger partial charge in [0.15, 0.2) is 0 Å². The standard InChI is InChI=1S/C25H21F3N4/c1-2-3-11-32-22-9-7-16(15-29)12-20(22)21-13-17(8-10-23(21)32)24(30)31-19-6-4-5-18(14-19)25(26,27)28/h4-10,12-14H,2-3,11H2,1H3,(H2,30,31). The van der Waals surface area contributed by atoms with Crippen LogP contribution in [0.5, 0.6) is 0 Å². The Kier molecular flexibility index (Phi) is 5.62. The molecule has 0 bridgehead atoms. The third-order valence-electron chi connectivity index (χ3n) is 5.48. The number of anilines is 1. The van der Waals surface area contributed by atoms with E-state index in [1.54, 1.807) is 12.1 Å². The second kappa shape index (κ2) is 8.39. The highest BCUT2D eigenvalue weighted by Gasteiger charge is 2.30. The van der Waals surface area contributed by atoms with Gasteiger partial charge in [0, 0.05) is 39.6 Å². The van der Waals surface area contributed by atoms with Crippen LogP contribution in [0.1, 0.15) is 36.5 Å². The molecule has 4 nitrogen and oxygen atoms in total. The zero-order valence-corrected chi connectivity index (χ0v) is 17.4. The first-order valence-corrected chi connectivity index (χ1v) is 10.3. The van der Waals surface area contributed by atoms with Gasteiger partial charge in [0.2, 0.25) is 0 Å². The van der Waals surface area contributed by atoms with Gasteiger partial charge in [0.05, 0.1) is 17.2 Å². The summed E-state index contributed by atoms with van der Waals surface area (Å²) in [4.78, 5) is 0. The summed E-state index contributed by atoms with van der Waals surface area (Å²) in [6.45, 7) is 2.96. The van der Waals surface area contributed by atoms with Crippen molar-refractivity contribution >= 4 is 33.3 Å². The van der Waals surface area contributed by atoms with Crippen molar-refractivity contribution in [3.05, 3.63) is 77.4 Å². The molecule has 32 heavy (non-hydrogen) atoms. The monoisotopic (exact) mass is 434 g/mol. The molecule has 0 spiro atoms. The minimum absolute atomic E-state index is 0.00267. The summed E-state index contributed by atoms with van der Waals surface area (Å²) in [5, 5.41) is 22.3. The fourth-order valence-electron chi connectivity index (χ4n) is 3.88. The van der Waals surface area contributed by atoms with Gasteiger partial charge in [-0.15, -0.1) is 0 Å². The van der Waals surface area contributed by atoms with Crippen molar-refractivity contribution < 1.29 is 13.2 Å². The van der Waals surface area contributed by atoms with Crippen LogP contribution in [0.3, 0.4) is 0 Å². The molecule has 7 heteroatoms. The lowest BCUT2D eigenvalue weighted by molar-refractivity contribution is -0.137. The summed E-state index contributed by atoms with van der Waals surface area (Å²) in [7, 11) is 0. The Labute approximate surface area is 183 Å². The van der Waals surface area contributed by atoms with E-state index in [0.29, 0.717) is 11.1 Å². The molecule has 3 aromatic carbocycles. The molecule has 0 unspecified atom stereocenters. The highest BCUT2D eigenvalue weighted by Crippen LogP contribution is 2.32. The molecule has 0 aliphatic carbocycles. The molecule has 1 aromatic heterocycles.